The van der Waals surface area contributed by atoms with Gasteiger partial charge in [-0.2, -0.15) is 0 Å². The van der Waals surface area contributed by atoms with Crippen molar-refractivity contribution in [1.82, 2.24) is 10.3 Å². The first-order valence-electron chi connectivity index (χ1n) is 9.15. The third-order valence-electron chi connectivity index (χ3n) is 4.07. The van der Waals surface area contributed by atoms with E-state index in [4.69, 9.17) is 13.9 Å². The fourth-order valence-corrected chi connectivity index (χ4v) is 2.91. The zero-order valence-electron chi connectivity index (χ0n) is 15.9. The van der Waals surface area contributed by atoms with E-state index in [1.807, 2.05) is 38.1 Å². The van der Waals surface area contributed by atoms with Crippen molar-refractivity contribution in [2.24, 2.45) is 0 Å². The minimum Gasteiger partial charge on any atom is -0.490 e. The maximum Gasteiger partial charge on any atom is 0.255 e. The molecule has 0 aliphatic carbocycles. The van der Waals surface area contributed by atoms with Gasteiger partial charge in [0.05, 0.1) is 18.8 Å². The molecule has 0 bridgehead atoms. The predicted octanol–water partition coefficient (Wildman–Crippen LogP) is 3.91. The van der Waals surface area contributed by atoms with Gasteiger partial charge in [-0.1, -0.05) is 12.1 Å². The average Bonchev–Trinajstić information content (AvgIpc) is 3.04. The van der Waals surface area contributed by atoms with Crippen LogP contribution in [0, 0.1) is 6.92 Å². The molecule has 1 aromatic heterocycles. The van der Waals surface area contributed by atoms with Crippen molar-refractivity contribution in [3.63, 3.8) is 0 Å². The monoisotopic (exact) mass is 368 g/mol. The number of carbonyl (C=O) groups excluding carboxylic acids is 1. The van der Waals surface area contributed by atoms with Gasteiger partial charge >= 0.3 is 0 Å². The van der Waals surface area contributed by atoms with Gasteiger partial charge in [0.15, 0.2) is 23.0 Å². The van der Waals surface area contributed by atoms with Gasteiger partial charge in [0, 0.05) is 13.5 Å². The van der Waals surface area contributed by atoms with E-state index in [1.165, 1.54) is 0 Å². The smallest absolute Gasteiger partial charge is 0.255 e. The summed E-state index contributed by atoms with van der Waals surface area (Å²) in [7, 11) is 0. The number of fused-ring (bicyclic) bond motifs is 1. The largest absolute Gasteiger partial charge is 0.490 e. The Labute approximate surface area is 158 Å². The third kappa shape index (κ3) is 4.39. The fraction of sp³-hybridized carbons (Fsp3) is 0.333. The standard InChI is InChI=1S/C21H24N2O4/c1-4-25-18-10-9-15(13-19(18)26-5-2)11-12-22-21(24)16-7-6-8-17-20(16)27-14(3)23-17/h6-10,13H,4-5,11-12H2,1-3H3,(H,22,24). The molecule has 1 N–H and O–H groups in total. The number of aromatic nitrogens is 1. The number of aryl methyl sites for hydroxylation is 1. The maximum atomic E-state index is 12.5. The number of oxazole rings is 1. The van der Waals surface area contributed by atoms with Crippen LogP contribution in [-0.4, -0.2) is 30.6 Å². The van der Waals surface area contributed by atoms with E-state index in [2.05, 4.69) is 10.3 Å². The molecule has 6 nitrogen and oxygen atoms in total. The number of amides is 1. The zero-order valence-corrected chi connectivity index (χ0v) is 15.9. The second-order valence-corrected chi connectivity index (χ2v) is 6.04. The third-order valence-corrected chi connectivity index (χ3v) is 4.07. The fourth-order valence-electron chi connectivity index (χ4n) is 2.91. The highest BCUT2D eigenvalue weighted by Crippen LogP contribution is 2.28. The highest BCUT2D eigenvalue weighted by molar-refractivity contribution is 6.04. The molecule has 0 spiro atoms. The molecule has 0 saturated heterocycles. The van der Waals surface area contributed by atoms with E-state index < -0.39 is 0 Å². The SMILES string of the molecule is CCOc1ccc(CCNC(=O)c2cccc3nc(C)oc23)cc1OCC. The summed E-state index contributed by atoms with van der Waals surface area (Å²) in [6.45, 7) is 7.30. The molecule has 3 rings (SSSR count). The summed E-state index contributed by atoms with van der Waals surface area (Å²) in [4.78, 5) is 16.8. The molecule has 0 unspecified atom stereocenters. The minimum absolute atomic E-state index is 0.173. The Balaban J connectivity index is 1.65. The van der Waals surface area contributed by atoms with Crippen molar-refractivity contribution in [1.29, 1.82) is 0 Å². The first-order valence-corrected chi connectivity index (χ1v) is 9.15. The highest BCUT2D eigenvalue weighted by atomic mass is 16.5. The summed E-state index contributed by atoms with van der Waals surface area (Å²) in [5, 5.41) is 2.94. The van der Waals surface area contributed by atoms with Crippen molar-refractivity contribution in [3.8, 4) is 11.5 Å². The molecule has 0 radical (unpaired) electrons. The molecule has 1 amide bonds. The number of benzene rings is 2. The molecular weight excluding hydrogens is 344 g/mol. The Morgan fingerprint density at radius 2 is 1.89 bits per heavy atom. The summed E-state index contributed by atoms with van der Waals surface area (Å²) >= 11 is 0. The van der Waals surface area contributed by atoms with Crippen LogP contribution < -0.4 is 14.8 Å². The van der Waals surface area contributed by atoms with Crippen molar-refractivity contribution >= 4 is 17.0 Å². The lowest BCUT2D eigenvalue weighted by Crippen LogP contribution is -2.25. The van der Waals surface area contributed by atoms with Crippen molar-refractivity contribution in [3.05, 3.63) is 53.4 Å². The van der Waals surface area contributed by atoms with Crippen LogP contribution >= 0.6 is 0 Å². The quantitative estimate of drug-likeness (QED) is 0.653. The lowest BCUT2D eigenvalue weighted by atomic mass is 10.1. The molecule has 1 heterocycles. The van der Waals surface area contributed by atoms with Gasteiger partial charge in [0.2, 0.25) is 0 Å². The van der Waals surface area contributed by atoms with Gasteiger partial charge in [0.25, 0.3) is 5.91 Å². The summed E-state index contributed by atoms with van der Waals surface area (Å²) in [6, 6.07) is 11.2. The van der Waals surface area contributed by atoms with Crippen LogP contribution in [0.15, 0.2) is 40.8 Å². The van der Waals surface area contributed by atoms with Crippen LogP contribution in [0.1, 0.15) is 35.7 Å². The van der Waals surface area contributed by atoms with Crippen molar-refractivity contribution in [2.75, 3.05) is 19.8 Å². The first kappa shape index (κ1) is 18.8. The van der Waals surface area contributed by atoms with E-state index in [0.29, 0.717) is 48.7 Å². The molecular formula is C21H24N2O4. The normalized spacial score (nSPS) is 10.8. The van der Waals surface area contributed by atoms with E-state index in [1.54, 1.807) is 19.1 Å². The Hall–Kier alpha value is -3.02. The lowest BCUT2D eigenvalue weighted by Gasteiger charge is -2.12. The molecule has 142 valence electrons. The molecule has 0 aliphatic rings. The molecule has 0 saturated carbocycles. The molecule has 0 aliphatic heterocycles. The van der Waals surface area contributed by atoms with Crippen molar-refractivity contribution < 1.29 is 18.7 Å². The number of nitrogens with one attached hydrogen (secondary N) is 1. The molecule has 6 heteroatoms. The summed E-state index contributed by atoms with van der Waals surface area (Å²) in [5.41, 5.74) is 2.77. The van der Waals surface area contributed by atoms with Crippen LogP contribution in [-0.2, 0) is 6.42 Å². The molecule has 0 fully saturated rings. The molecule has 0 atom stereocenters. The van der Waals surface area contributed by atoms with Gasteiger partial charge in [-0.25, -0.2) is 4.98 Å². The van der Waals surface area contributed by atoms with Gasteiger partial charge in [-0.15, -0.1) is 0 Å². The number of hydrogen-bond acceptors (Lipinski definition) is 5. The minimum atomic E-state index is -0.173. The van der Waals surface area contributed by atoms with Crippen LogP contribution in [0.25, 0.3) is 11.1 Å². The Morgan fingerprint density at radius 3 is 2.67 bits per heavy atom. The van der Waals surface area contributed by atoms with E-state index >= 15 is 0 Å². The zero-order chi connectivity index (χ0) is 19.2. The van der Waals surface area contributed by atoms with Crippen LogP contribution in [0.5, 0.6) is 11.5 Å². The number of ether oxygens (including phenoxy) is 2. The molecule has 3 aromatic rings. The van der Waals surface area contributed by atoms with Crippen LogP contribution in [0.3, 0.4) is 0 Å². The van der Waals surface area contributed by atoms with E-state index in [-0.39, 0.29) is 5.91 Å². The number of nitrogens with zero attached hydrogens (tertiary/aromatic N) is 1. The van der Waals surface area contributed by atoms with E-state index in [0.717, 1.165) is 17.1 Å². The summed E-state index contributed by atoms with van der Waals surface area (Å²) in [5.74, 6) is 1.83. The predicted molar refractivity (Wildman–Crippen MR) is 104 cm³/mol. The summed E-state index contributed by atoms with van der Waals surface area (Å²) in [6.07, 6.45) is 0.684. The Morgan fingerprint density at radius 1 is 1.11 bits per heavy atom. The topological polar surface area (TPSA) is 73.6 Å². The van der Waals surface area contributed by atoms with Gasteiger partial charge in [0.1, 0.15) is 5.52 Å². The van der Waals surface area contributed by atoms with Gasteiger partial charge in [-0.05, 0) is 50.1 Å². The number of rotatable bonds is 8. The van der Waals surface area contributed by atoms with Gasteiger partial charge in [-0.3, -0.25) is 4.79 Å². The average molecular weight is 368 g/mol. The number of para-hydroxylation sites is 1. The Bertz CT molecular complexity index is 933. The highest BCUT2D eigenvalue weighted by Gasteiger charge is 2.14. The maximum absolute atomic E-state index is 12.5. The molecule has 27 heavy (non-hydrogen) atoms. The molecule has 2 aromatic carbocycles. The second-order valence-electron chi connectivity index (χ2n) is 6.04. The lowest BCUT2D eigenvalue weighted by molar-refractivity contribution is 0.0955. The number of hydrogen-bond donors (Lipinski definition) is 1. The van der Waals surface area contributed by atoms with Crippen LogP contribution in [0.4, 0.5) is 0 Å². The van der Waals surface area contributed by atoms with Crippen LogP contribution in [0.2, 0.25) is 0 Å². The van der Waals surface area contributed by atoms with Gasteiger partial charge < -0.3 is 19.2 Å². The first-order chi connectivity index (χ1) is 13.1. The second kappa shape index (κ2) is 8.58. The van der Waals surface area contributed by atoms with Crippen molar-refractivity contribution in [2.45, 2.75) is 27.2 Å². The van der Waals surface area contributed by atoms with E-state index in [9.17, 15) is 4.79 Å². The Kier molecular flexibility index (Phi) is 5.96. The number of carbonyl (C=O) groups is 1. The summed E-state index contributed by atoms with van der Waals surface area (Å²) < 4.78 is 16.8.